The van der Waals surface area contributed by atoms with E-state index < -0.39 is 11.9 Å². The van der Waals surface area contributed by atoms with Crippen LogP contribution in [0.5, 0.6) is 0 Å². The van der Waals surface area contributed by atoms with E-state index in [0.29, 0.717) is 23.2 Å². The number of benzene rings is 1. The molecule has 0 radical (unpaired) electrons. The molecule has 0 fully saturated rings. The fourth-order valence-corrected chi connectivity index (χ4v) is 1.86. The van der Waals surface area contributed by atoms with Crippen molar-refractivity contribution in [3.63, 3.8) is 0 Å². The van der Waals surface area contributed by atoms with E-state index in [9.17, 15) is 4.39 Å². The Morgan fingerprint density at radius 1 is 1.50 bits per heavy atom. The van der Waals surface area contributed by atoms with E-state index in [1.807, 2.05) is 0 Å². The Balaban J connectivity index is 2.73. The summed E-state index contributed by atoms with van der Waals surface area (Å²) < 4.78 is 24.6. The molecule has 0 heterocycles. The van der Waals surface area contributed by atoms with Gasteiger partial charge >= 0.3 is 0 Å². The third-order valence-corrected chi connectivity index (χ3v) is 3.62. The van der Waals surface area contributed by atoms with Crippen LogP contribution in [0.4, 0.5) is 4.39 Å². The van der Waals surface area contributed by atoms with Gasteiger partial charge in [-0.05, 0) is 22.0 Å². The summed E-state index contributed by atoms with van der Waals surface area (Å²) in [7, 11) is 1.58. The molecular weight excluding hydrogens is 326 g/mol. The maximum absolute atomic E-state index is 13.9. The highest BCUT2D eigenvalue weighted by Gasteiger charge is 2.18. The van der Waals surface area contributed by atoms with E-state index in [0.717, 1.165) is 0 Å². The minimum absolute atomic E-state index is 0.0321. The largest absolute Gasteiger partial charge is 0.382 e. The number of nitrogens with one attached hydrogen (secondary N) is 1. The first-order valence-corrected chi connectivity index (χ1v) is 6.45. The molecule has 102 valence electrons. The first kappa shape index (κ1) is 15.8. The number of nitrogens with two attached hydrogens (primary N) is 1. The molecule has 0 aromatic heterocycles. The van der Waals surface area contributed by atoms with Gasteiger partial charge in [0.05, 0.1) is 30.9 Å². The molecule has 0 saturated carbocycles. The minimum atomic E-state index is -0.510. The molecule has 0 bridgehead atoms. The van der Waals surface area contributed by atoms with E-state index >= 15 is 0 Å². The molecule has 3 N–H and O–H groups in total. The fourth-order valence-electron chi connectivity index (χ4n) is 1.38. The molecule has 1 aromatic rings. The fraction of sp³-hybridized carbons (Fsp3) is 0.455. The molecule has 1 atom stereocenters. The SMILES string of the molecule is COCCOCC(NN)c1ccc(Br)c(Cl)c1F. The summed E-state index contributed by atoms with van der Waals surface area (Å²) in [5.41, 5.74) is 2.87. The molecule has 0 spiro atoms. The first-order chi connectivity index (χ1) is 8.61. The van der Waals surface area contributed by atoms with E-state index in [2.05, 4.69) is 21.4 Å². The van der Waals surface area contributed by atoms with Gasteiger partial charge in [-0.1, -0.05) is 17.7 Å². The van der Waals surface area contributed by atoms with Gasteiger partial charge in [0.25, 0.3) is 0 Å². The highest BCUT2D eigenvalue weighted by atomic mass is 79.9. The van der Waals surface area contributed by atoms with E-state index in [-0.39, 0.29) is 11.6 Å². The van der Waals surface area contributed by atoms with Gasteiger partial charge in [-0.3, -0.25) is 11.3 Å². The van der Waals surface area contributed by atoms with Crippen molar-refractivity contribution in [2.24, 2.45) is 5.84 Å². The molecule has 0 aliphatic carbocycles. The summed E-state index contributed by atoms with van der Waals surface area (Å²) >= 11 is 8.97. The Hall–Kier alpha value is -0.240. The van der Waals surface area contributed by atoms with E-state index in [1.165, 1.54) is 0 Å². The topological polar surface area (TPSA) is 56.5 Å². The maximum atomic E-state index is 13.9. The molecule has 4 nitrogen and oxygen atoms in total. The predicted molar refractivity (Wildman–Crippen MR) is 71.9 cm³/mol. The average Bonchev–Trinajstić information content (AvgIpc) is 2.38. The third kappa shape index (κ3) is 4.15. The minimum Gasteiger partial charge on any atom is -0.382 e. The predicted octanol–water partition coefficient (Wildman–Crippen LogP) is 2.41. The van der Waals surface area contributed by atoms with Crippen molar-refractivity contribution in [2.45, 2.75) is 6.04 Å². The third-order valence-electron chi connectivity index (χ3n) is 2.36. The molecule has 0 amide bonds. The zero-order valence-corrected chi connectivity index (χ0v) is 12.2. The molecule has 1 unspecified atom stereocenters. The van der Waals surface area contributed by atoms with Crippen LogP contribution in [0.15, 0.2) is 16.6 Å². The monoisotopic (exact) mass is 340 g/mol. The molecule has 0 aliphatic rings. The Morgan fingerprint density at radius 2 is 2.22 bits per heavy atom. The average molecular weight is 342 g/mol. The van der Waals surface area contributed by atoms with E-state index in [4.69, 9.17) is 26.9 Å². The van der Waals surface area contributed by atoms with Crippen LogP contribution in [-0.2, 0) is 9.47 Å². The van der Waals surface area contributed by atoms with Gasteiger partial charge in [-0.15, -0.1) is 0 Å². The maximum Gasteiger partial charge on any atom is 0.147 e. The summed E-state index contributed by atoms with van der Waals surface area (Å²) in [6.45, 7) is 1.12. The van der Waals surface area contributed by atoms with Crippen LogP contribution in [0.1, 0.15) is 11.6 Å². The highest BCUT2D eigenvalue weighted by molar-refractivity contribution is 9.10. The van der Waals surface area contributed by atoms with Crippen LogP contribution in [0.3, 0.4) is 0 Å². The molecule has 18 heavy (non-hydrogen) atoms. The van der Waals surface area contributed by atoms with Crippen LogP contribution < -0.4 is 11.3 Å². The van der Waals surface area contributed by atoms with Crippen molar-refractivity contribution in [3.8, 4) is 0 Å². The smallest absolute Gasteiger partial charge is 0.147 e. The number of methoxy groups -OCH3 is 1. The number of rotatable bonds is 7. The number of halogens is 3. The van der Waals surface area contributed by atoms with Crippen molar-refractivity contribution >= 4 is 27.5 Å². The summed E-state index contributed by atoms with van der Waals surface area (Å²) in [4.78, 5) is 0. The van der Waals surface area contributed by atoms with Crippen molar-refractivity contribution in [1.82, 2.24) is 5.43 Å². The summed E-state index contributed by atoms with van der Waals surface area (Å²) in [6, 6.07) is 2.81. The van der Waals surface area contributed by atoms with Gasteiger partial charge in [0.2, 0.25) is 0 Å². The van der Waals surface area contributed by atoms with Crippen LogP contribution in [0.2, 0.25) is 5.02 Å². The number of hydrazine groups is 1. The van der Waals surface area contributed by atoms with Crippen molar-refractivity contribution < 1.29 is 13.9 Å². The quantitative estimate of drug-likeness (QED) is 0.346. The lowest BCUT2D eigenvalue weighted by Crippen LogP contribution is -2.32. The summed E-state index contributed by atoms with van der Waals surface area (Å²) in [5.74, 6) is 4.88. The van der Waals surface area contributed by atoms with Crippen molar-refractivity contribution in [1.29, 1.82) is 0 Å². The molecule has 0 aliphatic heterocycles. The second-order valence-electron chi connectivity index (χ2n) is 3.55. The van der Waals surface area contributed by atoms with Gasteiger partial charge < -0.3 is 9.47 Å². The zero-order chi connectivity index (χ0) is 13.5. The number of hydrogen-bond donors (Lipinski definition) is 2. The highest BCUT2D eigenvalue weighted by Crippen LogP contribution is 2.30. The number of hydrogen-bond acceptors (Lipinski definition) is 4. The Bertz CT molecular complexity index is 396. The standard InChI is InChI=1S/C11H15BrClFN2O2/c1-17-4-5-18-6-9(16-15)7-2-3-8(12)10(13)11(7)14/h2-3,9,16H,4-6,15H2,1H3. The Morgan fingerprint density at radius 3 is 2.83 bits per heavy atom. The van der Waals surface area contributed by atoms with Crippen LogP contribution in [-0.4, -0.2) is 26.9 Å². The summed E-state index contributed by atoms with van der Waals surface area (Å²) in [6.07, 6.45) is 0. The zero-order valence-electron chi connectivity index (χ0n) is 9.88. The van der Waals surface area contributed by atoms with Crippen molar-refractivity contribution in [2.75, 3.05) is 26.9 Å². The van der Waals surface area contributed by atoms with Crippen molar-refractivity contribution in [3.05, 3.63) is 33.0 Å². The van der Waals surface area contributed by atoms with Gasteiger partial charge in [0, 0.05) is 17.1 Å². The lowest BCUT2D eigenvalue weighted by atomic mass is 10.1. The van der Waals surface area contributed by atoms with Crippen LogP contribution >= 0.6 is 27.5 Å². The molecule has 0 saturated heterocycles. The van der Waals surface area contributed by atoms with Crippen LogP contribution in [0, 0.1) is 5.82 Å². The van der Waals surface area contributed by atoms with Gasteiger partial charge in [0.1, 0.15) is 5.82 Å². The lowest BCUT2D eigenvalue weighted by molar-refractivity contribution is 0.0581. The summed E-state index contributed by atoms with van der Waals surface area (Å²) in [5, 5.41) is 0.0321. The van der Waals surface area contributed by atoms with E-state index in [1.54, 1.807) is 19.2 Å². The molecule has 1 aromatic carbocycles. The Kier molecular flexibility index (Phi) is 7.06. The first-order valence-electron chi connectivity index (χ1n) is 5.28. The lowest BCUT2D eigenvalue weighted by Gasteiger charge is -2.18. The van der Waals surface area contributed by atoms with Gasteiger partial charge in [-0.2, -0.15) is 0 Å². The second-order valence-corrected chi connectivity index (χ2v) is 4.78. The molecule has 7 heteroatoms. The molecular formula is C11H15BrClFN2O2. The second kappa shape index (κ2) is 8.04. The van der Waals surface area contributed by atoms with Crippen LogP contribution in [0.25, 0.3) is 0 Å². The van der Waals surface area contributed by atoms with Gasteiger partial charge in [0.15, 0.2) is 0 Å². The van der Waals surface area contributed by atoms with Gasteiger partial charge in [-0.25, -0.2) is 4.39 Å². The number of ether oxygens (including phenoxy) is 2. The Labute approximate surface area is 119 Å². The molecule has 1 rings (SSSR count). The normalized spacial score (nSPS) is 12.7.